The van der Waals surface area contributed by atoms with Crippen LogP contribution < -0.4 is 5.90 Å². The Morgan fingerprint density at radius 1 is 0.808 bits per heavy atom. The molecular formula is C19H39NO5Si. The van der Waals surface area contributed by atoms with Gasteiger partial charge in [0.1, 0.15) is 0 Å². The third-order valence-electron chi connectivity index (χ3n) is 4.85. The SMILES string of the molecule is CCCCCCCCCCCCC(C(=O)ON)=C(C)[Si](OC)(OC)OC. The molecule has 0 unspecified atom stereocenters. The van der Waals surface area contributed by atoms with E-state index in [1.54, 1.807) is 6.92 Å². The molecule has 0 aromatic rings. The van der Waals surface area contributed by atoms with Crippen LogP contribution in [0.3, 0.4) is 0 Å². The van der Waals surface area contributed by atoms with Gasteiger partial charge in [-0.3, -0.25) is 0 Å². The molecule has 0 saturated carbocycles. The first-order valence-corrected chi connectivity index (χ1v) is 11.5. The van der Waals surface area contributed by atoms with E-state index in [0.29, 0.717) is 17.2 Å². The maximum Gasteiger partial charge on any atom is 0.532 e. The molecule has 0 bridgehead atoms. The van der Waals surface area contributed by atoms with Crippen LogP contribution in [0.5, 0.6) is 0 Å². The number of unbranched alkanes of at least 4 members (excludes halogenated alkanes) is 9. The van der Waals surface area contributed by atoms with Crippen LogP contribution in [0.2, 0.25) is 0 Å². The maximum absolute atomic E-state index is 12.1. The van der Waals surface area contributed by atoms with E-state index < -0.39 is 14.8 Å². The van der Waals surface area contributed by atoms with Gasteiger partial charge in [-0.25, -0.2) is 4.79 Å². The molecule has 6 nitrogen and oxygen atoms in total. The minimum absolute atomic E-state index is 0.504. The Morgan fingerprint density at radius 2 is 1.23 bits per heavy atom. The van der Waals surface area contributed by atoms with Crippen molar-refractivity contribution < 1.29 is 22.9 Å². The summed E-state index contributed by atoms with van der Waals surface area (Å²) in [6, 6.07) is 0. The number of nitrogens with two attached hydrogens (primary N) is 1. The number of hydrogen-bond acceptors (Lipinski definition) is 6. The van der Waals surface area contributed by atoms with Crippen LogP contribution >= 0.6 is 0 Å². The molecule has 0 aliphatic heterocycles. The zero-order valence-corrected chi connectivity index (χ0v) is 18.4. The summed E-state index contributed by atoms with van der Waals surface area (Å²) in [5, 5.41) is 0.663. The average molecular weight is 390 g/mol. The molecule has 154 valence electrons. The number of allylic oxidation sites excluding steroid dienone is 1. The molecule has 2 N–H and O–H groups in total. The summed E-state index contributed by atoms with van der Waals surface area (Å²) in [6.45, 7) is 4.04. The highest BCUT2D eigenvalue weighted by molar-refractivity contribution is 6.69. The Morgan fingerprint density at radius 3 is 1.62 bits per heavy atom. The minimum atomic E-state index is -3.04. The van der Waals surface area contributed by atoms with Gasteiger partial charge in [0.05, 0.1) is 0 Å². The summed E-state index contributed by atoms with van der Waals surface area (Å²) in [5.41, 5.74) is 0.504. The third-order valence-corrected chi connectivity index (χ3v) is 7.68. The molecule has 0 saturated heterocycles. The molecule has 0 aliphatic rings. The van der Waals surface area contributed by atoms with Crippen molar-refractivity contribution in [2.45, 2.75) is 84.5 Å². The standard InChI is InChI=1S/C19H39NO5Si/c1-6-7-8-9-10-11-12-13-14-15-16-18(19(21)25-20)17(2)26(22-3,23-4)24-5/h6-16,20H2,1-5H3. The first-order valence-electron chi connectivity index (χ1n) is 9.79. The fraction of sp³-hybridized carbons (Fsp3) is 0.842. The summed E-state index contributed by atoms with van der Waals surface area (Å²) in [4.78, 5) is 16.6. The van der Waals surface area contributed by atoms with Gasteiger partial charge in [-0.05, 0) is 19.8 Å². The second-order valence-electron chi connectivity index (χ2n) is 6.61. The Balaban J connectivity index is 4.45. The lowest BCUT2D eigenvalue weighted by molar-refractivity contribution is -0.139. The van der Waals surface area contributed by atoms with Crippen LogP contribution in [0, 0.1) is 0 Å². The van der Waals surface area contributed by atoms with E-state index in [4.69, 9.17) is 19.2 Å². The van der Waals surface area contributed by atoms with E-state index >= 15 is 0 Å². The number of carbonyl (C=O) groups excluding carboxylic acids is 1. The molecule has 0 amide bonds. The maximum atomic E-state index is 12.1. The first kappa shape index (κ1) is 25.3. The van der Waals surface area contributed by atoms with Crippen LogP contribution in [-0.4, -0.2) is 36.1 Å². The van der Waals surface area contributed by atoms with Gasteiger partial charge >= 0.3 is 14.8 Å². The van der Waals surface area contributed by atoms with E-state index in [-0.39, 0.29) is 0 Å². The Bertz CT molecular complexity index is 402. The van der Waals surface area contributed by atoms with Crippen LogP contribution in [-0.2, 0) is 22.9 Å². The van der Waals surface area contributed by atoms with E-state index in [2.05, 4.69) is 11.8 Å². The molecule has 0 aliphatic carbocycles. The molecule has 26 heavy (non-hydrogen) atoms. The van der Waals surface area contributed by atoms with Crippen molar-refractivity contribution in [1.29, 1.82) is 0 Å². The van der Waals surface area contributed by atoms with Gasteiger partial charge in [0, 0.05) is 32.1 Å². The topological polar surface area (TPSA) is 80.0 Å². The highest BCUT2D eigenvalue weighted by Crippen LogP contribution is 2.25. The number of hydrogen-bond donors (Lipinski definition) is 1. The first-order chi connectivity index (χ1) is 12.5. The molecule has 7 heteroatoms. The van der Waals surface area contributed by atoms with Gasteiger partial charge in [-0.1, -0.05) is 64.7 Å². The van der Waals surface area contributed by atoms with Gasteiger partial charge in [0.15, 0.2) is 0 Å². The van der Waals surface area contributed by atoms with E-state index in [1.807, 2.05) is 0 Å². The van der Waals surface area contributed by atoms with Gasteiger partial charge < -0.3 is 18.1 Å². The van der Waals surface area contributed by atoms with E-state index in [1.165, 1.54) is 72.7 Å². The predicted octanol–water partition coefficient (Wildman–Crippen LogP) is 4.45. The summed E-state index contributed by atoms with van der Waals surface area (Å²) in [5.74, 6) is 4.57. The Labute approximate surface area is 160 Å². The summed E-state index contributed by atoms with van der Waals surface area (Å²) in [7, 11) is 1.53. The van der Waals surface area contributed by atoms with Gasteiger partial charge in [-0.2, -0.15) is 5.90 Å². The lowest BCUT2D eigenvalue weighted by atomic mass is 10.0. The van der Waals surface area contributed by atoms with Gasteiger partial charge in [0.2, 0.25) is 0 Å². The fourth-order valence-corrected chi connectivity index (χ4v) is 5.21. The van der Waals surface area contributed by atoms with E-state index in [9.17, 15) is 4.79 Å². The van der Waals surface area contributed by atoms with Crippen molar-refractivity contribution in [2.24, 2.45) is 5.90 Å². The van der Waals surface area contributed by atoms with E-state index in [0.717, 1.165) is 12.8 Å². The smallest absolute Gasteiger partial charge is 0.374 e. The molecule has 0 atom stereocenters. The van der Waals surface area contributed by atoms with Crippen LogP contribution in [0.1, 0.15) is 84.5 Å². The van der Waals surface area contributed by atoms with Crippen molar-refractivity contribution >= 4 is 14.8 Å². The Kier molecular flexibility index (Phi) is 14.9. The molecule has 0 radical (unpaired) electrons. The molecule has 0 rings (SSSR count). The van der Waals surface area contributed by atoms with Crippen LogP contribution in [0.4, 0.5) is 0 Å². The summed E-state index contributed by atoms with van der Waals surface area (Å²) in [6.07, 6.45) is 13.0. The molecule has 0 spiro atoms. The lowest BCUT2D eigenvalue weighted by Gasteiger charge is -2.26. The quantitative estimate of drug-likeness (QED) is 0.182. The highest BCUT2D eigenvalue weighted by atomic mass is 28.4. The van der Waals surface area contributed by atoms with Crippen molar-refractivity contribution in [2.75, 3.05) is 21.3 Å². The minimum Gasteiger partial charge on any atom is -0.374 e. The highest BCUT2D eigenvalue weighted by Gasteiger charge is 2.43. The second kappa shape index (κ2) is 15.3. The Hall–Kier alpha value is -0.733. The third kappa shape index (κ3) is 8.77. The largest absolute Gasteiger partial charge is 0.532 e. The molecular weight excluding hydrogens is 350 g/mol. The fourth-order valence-electron chi connectivity index (χ4n) is 3.20. The molecule has 0 fully saturated rings. The predicted molar refractivity (Wildman–Crippen MR) is 106 cm³/mol. The van der Waals surface area contributed by atoms with Crippen LogP contribution in [0.25, 0.3) is 0 Å². The lowest BCUT2D eigenvalue weighted by Crippen LogP contribution is -2.46. The van der Waals surface area contributed by atoms with Gasteiger partial charge in [-0.15, -0.1) is 0 Å². The normalized spacial score (nSPS) is 12.8. The second-order valence-corrected chi connectivity index (χ2v) is 9.70. The van der Waals surface area contributed by atoms with Crippen molar-refractivity contribution in [3.8, 4) is 0 Å². The zero-order valence-electron chi connectivity index (χ0n) is 17.4. The number of carbonyl (C=O) groups is 1. The molecule has 0 aromatic carbocycles. The van der Waals surface area contributed by atoms with Crippen LogP contribution in [0.15, 0.2) is 10.8 Å². The summed E-state index contributed by atoms with van der Waals surface area (Å²) < 4.78 is 16.4. The average Bonchev–Trinajstić information content (AvgIpc) is 2.67. The van der Waals surface area contributed by atoms with Gasteiger partial charge in [0.25, 0.3) is 0 Å². The summed E-state index contributed by atoms with van der Waals surface area (Å²) >= 11 is 0. The van der Waals surface area contributed by atoms with Crippen molar-refractivity contribution in [1.82, 2.24) is 0 Å². The zero-order chi connectivity index (χ0) is 19.8. The van der Waals surface area contributed by atoms with Crippen molar-refractivity contribution in [3.63, 3.8) is 0 Å². The molecule has 0 aromatic heterocycles. The number of rotatable bonds is 16. The van der Waals surface area contributed by atoms with Crippen molar-refractivity contribution in [3.05, 3.63) is 10.8 Å². The molecule has 0 heterocycles. The monoisotopic (exact) mass is 389 g/mol.